The van der Waals surface area contributed by atoms with Crippen LogP contribution in [-0.2, 0) is 4.87 Å². The van der Waals surface area contributed by atoms with E-state index in [1.165, 1.54) is 46.3 Å². The van der Waals surface area contributed by atoms with E-state index in [9.17, 15) is 0 Å². The number of benzene rings is 2. The Morgan fingerprint density at radius 2 is 1.55 bits per heavy atom. The van der Waals surface area contributed by atoms with Gasteiger partial charge in [0.25, 0.3) is 0 Å². The normalized spacial score (nSPS) is 18.0. The van der Waals surface area contributed by atoms with Gasteiger partial charge < -0.3 is 0 Å². The van der Waals surface area contributed by atoms with Crippen LogP contribution >= 0.6 is 11.6 Å². The van der Waals surface area contributed by atoms with E-state index in [4.69, 9.17) is 11.6 Å². The van der Waals surface area contributed by atoms with Crippen molar-refractivity contribution in [2.75, 3.05) is 0 Å². The Bertz CT molecular complexity index is 636. The van der Waals surface area contributed by atoms with Crippen molar-refractivity contribution in [3.8, 4) is 0 Å². The van der Waals surface area contributed by atoms with Crippen molar-refractivity contribution in [2.24, 2.45) is 0 Å². The minimum atomic E-state index is -0.472. The molecule has 0 saturated heterocycles. The Morgan fingerprint density at radius 3 is 2.23 bits per heavy atom. The van der Waals surface area contributed by atoms with Crippen molar-refractivity contribution in [3.63, 3.8) is 0 Å². The van der Waals surface area contributed by atoms with E-state index in [1.54, 1.807) is 0 Å². The molecule has 0 bridgehead atoms. The summed E-state index contributed by atoms with van der Waals surface area (Å²) in [6.07, 6.45) is 6.14. The molecular formula is C20H25ClSi. The number of aryl methyl sites for hydroxylation is 2. The van der Waals surface area contributed by atoms with Gasteiger partial charge in [0, 0.05) is 0 Å². The lowest BCUT2D eigenvalue weighted by molar-refractivity contribution is 0.400. The standard InChI is InChI=1S/C20H25ClSi/c1-15-12-16(2)14-17(13-15)22-19-9-5-4-8-18(19)20(21)10-6-3-7-11-20/h4-5,8-9,12-14H,3,6-7,10-11,22H2,1-2H3. The third-order valence-electron chi connectivity index (χ3n) is 4.82. The minimum Gasteiger partial charge on any atom is -0.114 e. The minimum absolute atomic E-state index is 0.110. The zero-order valence-corrected chi connectivity index (χ0v) is 15.8. The molecule has 0 amide bonds. The smallest absolute Gasteiger partial charge is 0.0879 e. The summed E-state index contributed by atoms with van der Waals surface area (Å²) in [7, 11) is -0.472. The predicted molar refractivity (Wildman–Crippen MR) is 101 cm³/mol. The maximum atomic E-state index is 7.06. The summed E-state index contributed by atoms with van der Waals surface area (Å²) in [5.41, 5.74) is 4.17. The van der Waals surface area contributed by atoms with E-state index < -0.39 is 9.52 Å². The average Bonchev–Trinajstić information content (AvgIpc) is 2.47. The molecule has 2 aromatic carbocycles. The van der Waals surface area contributed by atoms with Gasteiger partial charge in [-0.1, -0.05) is 83.2 Å². The first-order valence-corrected chi connectivity index (χ1v) is 10.2. The summed E-state index contributed by atoms with van der Waals surface area (Å²) in [5.74, 6) is 0. The highest BCUT2D eigenvalue weighted by atomic mass is 35.5. The molecule has 0 N–H and O–H groups in total. The molecule has 1 saturated carbocycles. The van der Waals surface area contributed by atoms with Crippen LogP contribution in [0.25, 0.3) is 0 Å². The number of halogens is 1. The van der Waals surface area contributed by atoms with Gasteiger partial charge in [0.2, 0.25) is 0 Å². The number of hydrogen-bond acceptors (Lipinski definition) is 0. The molecule has 1 aliphatic carbocycles. The van der Waals surface area contributed by atoms with Crippen LogP contribution in [-0.4, -0.2) is 9.52 Å². The average molecular weight is 329 g/mol. The Morgan fingerprint density at radius 1 is 0.909 bits per heavy atom. The summed E-state index contributed by atoms with van der Waals surface area (Å²) >= 11 is 7.06. The molecule has 0 radical (unpaired) electrons. The van der Waals surface area contributed by atoms with Crippen molar-refractivity contribution in [1.29, 1.82) is 0 Å². The number of rotatable bonds is 3. The molecule has 0 unspecified atom stereocenters. The Hall–Kier alpha value is -1.05. The second kappa shape index (κ2) is 6.60. The molecule has 0 atom stereocenters. The summed E-state index contributed by atoms with van der Waals surface area (Å²) in [6, 6.07) is 15.9. The van der Waals surface area contributed by atoms with Crippen LogP contribution in [0.3, 0.4) is 0 Å². The van der Waals surface area contributed by atoms with Crippen LogP contribution < -0.4 is 10.4 Å². The fourth-order valence-electron chi connectivity index (χ4n) is 3.88. The monoisotopic (exact) mass is 328 g/mol. The second-order valence-electron chi connectivity index (χ2n) is 6.86. The first-order valence-electron chi connectivity index (χ1n) is 8.41. The molecule has 0 aromatic heterocycles. The van der Waals surface area contributed by atoms with Crippen molar-refractivity contribution in [2.45, 2.75) is 50.8 Å². The summed E-state index contributed by atoms with van der Waals surface area (Å²) < 4.78 is 0. The predicted octanol–water partition coefficient (Wildman–Crippen LogP) is 3.82. The molecule has 1 aliphatic rings. The Balaban J connectivity index is 1.94. The van der Waals surface area contributed by atoms with Crippen molar-refractivity contribution in [3.05, 3.63) is 59.2 Å². The zero-order valence-electron chi connectivity index (χ0n) is 13.7. The van der Waals surface area contributed by atoms with Crippen LogP contribution in [0.2, 0.25) is 0 Å². The quantitative estimate of drug-likeness (QED) is 0.593. The van der Waals surface area contributed by atoms with E-state index in [2.05, 4.69) is 56.3 Å². The zero-order chi connectivity index (χ0) is 15.6. The third-order valence-corrected chi connectivity index (χ3v) is 7.22. The van der Waals surface area contributed by atoms with Crippen LogP contribution in [0.5, 0.6) is 0 Å². The molecule has 0 heterocycles. The fraction of sp³-hybridized carbons (Fsp3) is 0.400. The van der Waals surface area contributed by atoms with Crippen LogP contribution in [0, 0.1) is 13.8 Å². The fourth-order valence-corrected chi connectivity index (χ4v) is 6.64. The molecule has 1 fully saturated rings. The Labute approximate surface area is 141 Å². The van der Waals surface area contributed by atoms with E-state index in [0.717, 1.165) is 12.8 Å². The maximum absolute atomic E-state index is 7.06. The van der Waals surface area contributed by atoms with Crippen molar-refractivity contribution < 1.29 is 0 Å². The van der Waals surface area contributed by atoms with Crippen molar-refractivity contribution in [1.82, 2.24) is 0 Å². The second-order valence-corrected chi connectivity index (χ2v) is 9.51. The largest absolute Gasteiger partial charge is 0.114 e. The SMILES string of the molecule is Cc1cc(C)cc([SiH2]c2ccccc2C2(Cl)CCCCC2)c1. The van der Waals surface area contributed by atoms with Gasteiger partial charge in [-0.05, 0) is 32.3 Å². The Kier molecular flexibility index (Phi) is 4.75. The molecular weight excluding hydrogens is 304 g/mol. The summed E-state index contributed by atoms with van der Waals surface area (Å²) in [6.45, 7) is 4.39. The van der Waals surface area contributed by atoms with Gasteiger partial charge in [0.15, 0.2) is 0 Å². The summed E-state index contributed by atoms with van der Waals surface area (Å²) in [5, 5.41) is 3.06. The summed E-state index contributed by atoms with van der Waals surface area (Å²) in [4.78, 5) is -0.110. The third kappa shape index (κ3) is 3.47. The molecule has 3 rings (SSSR count). The van der Waals surface area contributed by atoms with Crippen LogP contribution in [0.4, 0.5) is 0 Å². The van der Waals surface area contributed by atoms with Gasteiger partial charge in [-0.2, -0.15) is 0 Å². The maximum Gasteiger partial charge on any atom is 0.0879 e. The number of hydrogen-bond donors (Lipinski definition) is 0. The van der Waals surface area contributed by atoms with Gasteiger partial charge in [0.1, 0.15) is 0 Å². The molecule has 2 heteroatoms. The van der Waals surface area contributed by atoms with E-state index >= 15 is 0 Å². The molecule has 116 valence electrons. The van der Waals surface area contributed by atoms with Crippen LogP contribution in [0.1, 0.15) is 48.8 Å². The molecule has 2 aromatic rings. The van der Waals surface area contributed by atoms with Gasteiger partial charge in [-0.25, -0.2) is 0 Å². The van der Waals surface area contributed by atoms with Gasteiger partial charge in [0.05, 0.1) is 14.4 Å². The topological polar surface area (TPSA) is 0 Å². The number of alkyl halides is 1. The highest BCUT2D eigenvalue weighted by Gasteiger charge is 2.32. The van der Waals surface area contributed by atoms with Crippen molar-refractivity contribution >= 4 is 31.5 Å². The first-order chi connectivity index (χ1) is 10.6. The van der Waals surface area contributed by atoms with Gasteiger partial charge in [-0.15, -0.1) is 11.6 Å². The lowest BCUT2D eigenvalue weighted by Gasteiger charge is -2.33. The lowest BCUT2D eigenvalue weighted by atomic mass is 9.83. The van der Waals surface area contributed by atoms with E-state index in [-0.39, 0.29) is 4.87 Å². The molecule has 0 spiro atoms. The first kappa shape index (κ1) is 15.8. The highest BCUT2D eigenvalue weighted by molar-refractivity contribution is 6.68. The molecule has 0 aliphatic heterocycles. The highest BCUT2D eigenvalue weighted by Crippen LogP contribution is 2.42. The molecule has 22 heavy (non-hydrogen) atoms. The van der Waals surface area contributed by atoms with Gasteiger partial charge in [-0.3, -0.25) is 0 Å². The van der Waals surface area contributed by atoms with Crippen LogP contribution in [0.15, 0.2) is 42.5 Å². The van der Waals surface area contributed by atoms with Gasteiger partial charge >= 0.3 is 0 Å². The molecule has 0 nitrogen and oxygen atoms in total. The lowest BCUT2D eigenvalue weighted by Crippen LogP contribution is -2.36. The van der Waals surface area contributed by atoms with E-state index in [0.29, 0.717) is 0 Å². The van der Waals surface area contributed by atoms with E-state index in [1.807, 2.05) is 0 Å².